The normalized spacial score (nSPS) is 11.6. The van der Waals surface area contributed by atoms with Crippen molar-refractivity contribution in [3.05, 3.63) is 89.7 Å². The summed E-state index contributed by atoms with van der Waals surface area (Å²) in [6.45, 7) is 2.66. The van der Waals surface area contributed by atoms with Gasteiger partial charge in [-0.2, -0.15) is 0 Å². The number of aromatic nitrogens is 2. The Bertz CT molecular complexity index is 835. The zero-order valence-corrected chi connectivity index (χ0v) is 15.0. The molecule has 5 heteroatoms. The highest BCUT2D eigenvalue weighted by Crippen LogP contribution is 2.13. The molecule has 0 spiro atoms. The number of nitrogens with one attached hydrogen (secondary N) is 1. The number of anilines is 1. The molecule has 5 nitrogen and oxygen atoms in total. The van der Waals surface area contributed by atoms with Crippen LogP contribution in [0, 0.1) is 0 Å². The zero-order valence-electron chi connectivity index (χ0n) is 15.0. The molecule has 0 bridgehead atoms. The molecule has 0 aliphatic heterocycles. The van der Waals surface area contributed by atoms with Crippen molar-refractivity contribution in [1.82, 2.24) is 15.3 Å². The third-order valence-corrected chi connectivity index (χ3v) is 4.15. The summed E-state index contributed by atoms with van der Waals surface area (Å²) in [6, 6.07) is 19.9. The number of hydrogen-bond acceptors (Lipinski definition) is 4. The Kier molecular flexibility index (Phi) is 5.59. The molecule has 0 fully saturated rings. The number of amides is 1. The molecule has 0 saturated heterocycles. The van der Waals surface area contributed by atoms with E-state index in [9.17, 15) is 4.79 Å². The summed E-state index contributed by atoms with van der Waals surface area (Å²) in [6.07, 6.45) is 3.13. The van der Waals surface area contributed by atoms with Gasteiger partial charge in [-0.15, -0.1) is 0 Å². The summed E-state index contributed by atoms with van der Waals surface area (Å²) in [5, 5.41) is 2.97. The Labute approximate surface area is 153 Å². The van der Waals surface area contributed by atoms with Gasteiger partial charge in [0.25, 0.3) is 5.91 Å². The van der Waals surface area contributed by atoms with Crippen LogP contribution >= 0.6 is 0 Å². The maximum absolute atomic E-state index is 12.4. The van der Waals surface area contributed by atoms with Crippen molar-refractivity contribution in [2.45, 2.75) is 19.5 Å². The number of benzene rings is 2. The van der Waals surface area contributed by atoms with E-state index in [1.165, 1.54) is 5.56 Å². The van der Waals surface area contributed by atoms with Crippen molar-refractivity contribution < 1.29 is 4.79 Å². The first-order valence-electron chi connectivity index (χ1n) is 8.56. The predicted molar refractivity (Wildman–Crippen MR) is 103 cm³/mol. The van der Waals surface area contributed by atoms with Gasteiger partial charge < -0.3 is 10.2 Å². The molecular formula is C21H22N4O. The SMILES string of the molecule is CC(NC(=O)c1cnc(N(C)Cc2ccccc2)nc1)c1ccccc1. The fraction of sp³-hybridized carbons (Fsp3) is 0.190. The fourth-order valence-electron chi connectivity index (χ4n) is 2.67. The van der Waals surface area contributed by atoms with Crippen molar-refractivity contribution in [2.75, 3.05) is 11.9 Å². The molecule has 0 aliphatic rings. The Hall–Kier alpha value is -3.21. The second-order valence-electron chi connectivity index (χ2n) is 6.22. The lowest BCUT2D eigenvalue weighted by Crippen LogP contribution is -2.27. The van der Waals surface area contributed by atoms with E-state index in [1.54, 1.807) is 12.4 Å². The van der Waals surface area contributed by atoms with E-state index < -0.39 is 0 Å². The van der Waals surface area contributed by atoms with Crippen LogP contribution in [0.4, 0.5) is 5.95 Å². The third kappa shape index (κ3) is 4.45. The molecule has 3 aromatic rings. The number of rotatable bonds is 6. The Morgan fingerprint density at radius 3 is 2.19 bits per heavy atom. The lowest BCUT2D eigenvalue weighted by atomic mass is 10.1. The van der Waals surface area contributed by atoms with Crippen LogP contribution in [0.2, 0.25) is 0 Å². The maximum atomic E-state index is 12.4. The standard InChI is InChI=1S/C21H22N4O/c1-16(18-11-7-4-8-12-18)24-20(26)19-13-22-21(23-14-19)25(2)15-17-9-5-3-6-10-17/h3-14,16H,15H2,1-2H3,(H,24,26). The van der Waals surface area contributed by atoms with Gasteiger partial charge in [0.2, 0.25) is 5.95 Å². The Balaban J connectivity index is 1.62. The minimum atomic E-state index is -0.182. The first kappa shape index (κ1) is 17.6. The third-order valence-electron chi connectivity index (χ3n) is 4.15. The molecule has 1 aromatic heterocycles. The molecule has 3 rings (SSSR count). The molecule has 2 aromatic carbocycles. The number of nitrogens with zero attached hydrogens (tertiary/aromatic N) is 3. The number of hydrogen-bond donors (Lipinski definition) is 1. The van der Waals surface area contributed by atoms with Gasteiger partial charge in [0, 0.05) is 26.0 Å². The molecule has 1 unspecified atom stereocenters. The van der Waals surface area contributed by atoms with Crippen LogP contribution < -0.4 is 10.2 Å². The highest BCUT2D eigenvalue weighted by Gasteiger charge is 2.13. The van der Waals surface area contributed by atoms with Crippen LogP contribution in [0.25, 0.3) is 0 Å². The largest absolute Gasteiger partial charge is 0.345 e. The van der Waals surface area contributed by atoms with Crippen LogP contribution in [-0.2, 0) is 6.54 Å². The predicted octanol–water partition coefficient (Wildman–Crippen LogP) is 3.60. The van der Waals surface area contributed by atoms with Crippen molar-refractivity contribution in [3.63, 3.8) is 0 Å². The van der Waals surface area contributed by atoms with Crippen molar-refractivity contribution in [3.8, 4) is 0 Å². The molecule has 1 heterocycles. The second kappa shape index (κ2) is 8.25. The summed E-state index contributed by atoms with van der Waals surface area (Å²) in [4.78, 5) is 23.0. The van der Waals surface area contributed by atoms with E-state index >= 15 is 0 Å². The average Bonchev–Trinajstić information content (AvgIpc) is 2.69. The van der Waals surface area contributed by atoms with E-state index in [-0.39, 0.29) is 11.9 Å². The number of carbonyl (C=O) groups is 1. The van der Waals surface area contributed by atoms with Gasteiger partial charge in [0.15, 0.2) is 0 Å². The van der Waals surface area contributed by atoms with Crippen LogP contribution in [-0.4, -0.2) is 22.9 Å². The average molecular weight is 346 g/mol. The van der Waals surface area contributed by atoms with Crippen LogP contribution in [0.3, 0.4) is 0 Å². The molecule has 0 aliphatic carbocycles. The summed E-state index contributed by atoms with van der Waals surface area (Å²) < 4.78 is 0. The van der Waals surface area contributed by atoms with Crippen LogP contribution in [0.5, 0.6) is 0 Å². The molecule has 0 radical (unpaired) electrons. The van der Waals surface area contributed by atoms with Crippen molar-refractivity contribution in [1.29, 1.82) is 0 Å². The second-order valence-corrected chi connectivity index (χ2v) is 6.22. The van der Waals surface area contributed by atoms with Gasteiger partial charge in [-0.3, -0.25) is 4.79 Å². The Morgan fingerprint density at radius 2 is 1.58 bits per heavy atom. The smallest absolute Gasteiger partial charge is 0.254 e. The first-order valence-corrected chi connectivity index (χ1v) is 8.56. The van der Waals surface area contributed by atoms with Crippen molar-refractivity contribution in [2.24, 2.45) is 0 Å². The lowest BCUT2D eigenvalue weighted by molar-refractivity contribution is 0.0939. The molecule has 26 heavy (non-hydrogen) atoms. The van der Waals surface area contributed by atoms with E-state index in [2.05, 4.69) is 27.4 Å². The molecule has 1 atom stereocenters. The van der Waals surface area contributed by atoms with E-state index in [0.29, 0.717) is 18.1 Å². The molecule has 1 amide bonds. The minimum absolute atomic E-state index is 0.0795. The van der Waals surface area contributed by atoms with Crippen LogP contribution in [0.1, 0.15) is 34.5 Å². The topological polar surface area (TPSA) is 58.1 Å². The highest BCUT2D eigenvalue weighted by molar-refractivity contribution is 5.93. The van der Waals surface area contributed by atoms with E-state index in [4.69, 9.17) is 0 Å². The molecule has 1 N–H and O–H groups in total. The highest BCUT2D eigenvalue weighted by atomic mass is 16.1. The number of carbonyl (C=O) groups excluding carboxylic acids is 1. The van der Waals surface area contributed by atoms with E-state index in [1.807, 2.05) is 67.4 Å². The molecule has 0 saturated carbocycles. The van der Waals surface area contributed by atoms with Gasteiger partial charge >= 0.3 is 0 Å². The summed E-state index contributed by atoms with van der Waals surface area (Å²) in [5.74, 6) is 0.403. The van der Waals surface area contributed by atoms with Gasteiger partial charge in [0.1, 0.15) is 0 Å². The Morgan fingerprint density at radius 1 is 1.00 bits per heavy atom. The summed E-state index contributed by atoms with van der Waals surface area (Å²) >= 11 is 0. The summed E-state index contributed by atoms with van der Waals surface area (Å²) in [5.41, 5.74) is 2.68. The lowest BCUT2D eigenvalue weighted by Gasteiger charge is -2.17. The molecular weight excluding hydrogens is 324 g/mol. The van der Waals surface area contributed by atoms with Crippen molar-refractivity contribution >= 4 is 11.9 Å². The first-order chi connectivity index (χ1) is 12.6. The summed E-state index contributed by atoms with van der Waals surface area (Å²) in [7, 11) is 1.93. The van der Waals surface area contributed by atoms with Gasteiger partial charge in [-0.05, 0) is 18.1 Å². The fourth-order valence-corrected chi connectivity index (χ4v) is 2.67. The van der Waals surface area contributed by atoms with Crippen LogP contribution in [0.15, 0.2) is 73.1 Å². The monoisotopic (exact) mass is 346 g/mol. The van der Waals surface area contributed by atoms with E-state index in [0.717, 1.165) is 5.56 Å². The van der Waals surface area contributed by atoms with Gasteiger partial charge in [-0.25, -0.2) is 9.97 Å². The quantitative estimate of drug-likeness (QED) is 0.741. The van der Waals surface area contributed by atoms with Gasteiger partial charge in [-0.1, -0.05) is 60.7 Å². The van der Waals surface area contributed by atoms with Gasteiger partial charge in [0.05, 0.1) is 11.6 Å². The minimum Gasteiger partial charge on any atom is -0.345 e. The molecule has 132 valence electrons. The maximum Gasteiger partial charge on any atom is 0.254 e. The zero-order chi connectivity index (χ0) is 18.4.